The average molecular weight is 402 g/mol. The lowest BCUT2D eigenvalue weighted by atomic mass is 10.1. The first kappa shape index (κ1) is 14.4. The Kier molecular flexibility index (Phi) is 3.65. The van der Waals surface area contributed by atoms with Crippen LogP contribution in [0.2, 0.25) is 0 Å². The number of fused-ring (bicyclic) bond motifs is 1. The largest absolute Gasteiger partial charge is 0.534 e. The number of rotatable bonds is 2. The van der Waals surface area contributed by atoms with Crippen molar-refractivity contribution >= 4 is 43.5 Å². The van der Waals surface area contributed by atoms with Gasteiger partial charge < -0.3 is 4.18 Å². The maximum Gasteiger partial charge on any atom is 0.534 e. The lowest BCUT2D eigenvalue weighted by Gasteiger charge is -2.10. The third kappa shape index (κ3) is 3.11. The molecular weight excluding hydrogens is 396 g/mol. The minimum atomic E-state index is -5.63. The van der Waals surface area contributed by atoms with Gasteiger partial charge in [0.15, 0.2) is 0 Å². The molecule has 0 saturated heterocycles. The number of hydrogen-bond donors (Lipinski definition) is 0. The molecule has 0 saturated carbocycles. The van der Waals surface area contributed by atoms with Crippen molar-refractivity contribution in [3.63, 3.8) is 0 Å². The maximum absolute atomic E-state index is 12.2. The smallest absolute Gasteiger partial charge is 0.376 e. The van der Waals surface area contributed by atoms with Gasteiger partial charge in [-0.15, -0.1) is 0 Å². The topological polar surface area (TPSA) is 43.4 Å². The lowest BCUT2D eigenvalue weighted by molar-refractivity contribution is -0.0500. The molecule has 0 aromatic heterocycles. The minimum Gasteiger partial charge on any atom is -0.376 e. The lowest BCUT2D eigenvalue weighted by Crippen LogP contribution is -2.28. The van der Waals surface area contributed by atoms with Gasteiger partial charge in [-0.2, -0.15) is 21.6 Å². The third-order valence-electron chi connectivity index (χ3n) is 2.26. The highest BCUT2D eigenvalue weighted by molar-refractivity contribution is 14.1. The fraction of sp³-hybridized carbons (Fsp3) is 0.0909. The van der Waals surface area contributed by atoms with E-state index in [2.05, 4.69) is 26.8 Å². The van der Waals surface area contributed by atoms with Crippen LogP contribution in [0.1, 0.15) is 0 Å². The number of alkyl halides is 3. The molecule has 0 radical (unpaired) electrons. The Balaban J connectivity index is 2.40. The summed E-state index contributed by atoms with van der Waals surface area (Å²) < 4.78 is 63.3. The first-order valence-electron chi connectivity index (χ1n) is 4.89. The molecule has 3 nitrogen and oxygen atoms in total. The van der Waals surface area contributed by atoms with Crippen molar-refractivity contribution in [1.29, 1.82) is 0 Å². The van der Waals surface area contributed by atoms with E-state index < -0.39 is 15.6 Å². The fourth-order valence-electron chi connectivity index (χ4n) is 1.42. The van der Waals surface area contributed by atoms with E-state index in [1.807, 2.05) is 6.07 Å². The van der Waals surface area contributed by atoms with Gasteiger partial charge in [0.1, 0.15) is 5.75 Å². The maximum atomic E-state index is 12.2. The molecule has 0 unspecified atom stereocenters. The second kappa shape index (κ2) is 4.82. The van der Waals surface area contributed by atoms with Crippen molar-refractivity contribution < 1.29 is 25.8 Å². The van der Waals surface area contributed by atoms with Crippen LogP contribution in [0.5, 0.6) is 5.75 Å². The summed E-state index contributed by atoms with van der Waals surface area (Å²) in [7, 11) is -5.63. The SMILES string of the molecule is O=S(=O)(Oc1ccc2cc(I)ccc2c1)C(F)(F)F. The van der Waals surface area contributed by atoms with Crippen LogP contribution in [0, 0.1) is 3.57 Å². The van der Waals surface area contributed by atoms with Crippen molar-refractivity contribution in [3.05, 3.63) is 40.0 Å². The first-order valence-corrected chi connectivity index (χ1v) is 7.38. The van der Waals surface area contributed by atoms with Crippen LogP contribution >= 0.6 is 22.6 Å². The Hall–Kier alpha value is -1.03. The van der Waals surface area contributed by atoms with Gasteiger partial charge in [0.2, 0.25) is 0 Å². The van der Waals surface area contributed by atoms with Crippen LogP contribution in [0.25, 0.3) is 10.8 Å². The second-order valence-corrected chi connectivity index (χ2v) is 6.42. The third-order valence-corrected chi connectivity index (χ3v) is 3.91. The minimum absolute atomic E-state index is 0.369. The van der Waals surface area contributed by atoms with Crippen LogP contribution in [-0.4, -0.2) is 13.9 Å². The van der Waals surface area contributed by atoms with Gasteiger partial charge in [-0.1, -0.05) is 12.1 Å². The van der Waals surface area contributed by atoms with Crippen molar-refractivity contribution in [1.82, 2.24) is 0 Å². The molecule has 19 heavy (non-hydrogen) atoms. The van der Waals surface area contributed by atoms with Gasteiger partial charge in [-0.3, -0.25) is 0 Å². The zero-order valence-electron chi connectivity index (χ0n) is 9.11. The summed E-state index contributed by atoms with van der Waals surface area (Å²) >= 11 is 2.09. The van der Waals surface area contributed by atoms with Gasteiger partial charge in [0.25, 0.3) is 0 Å². The molecule has 2 rings (SSSR count). The van der Waals surface area contributed by atoms with E-state index in [4.69, 9.17) is 0 Å². The molecule has 0 amide bonds. The molecule has 0 bridgehead atoms. The molecule has 0 aliphatic carbocycles. The van der Waals surface area contributed by atoms with Crippen molar-refractivity contribution in [2.45, 2.75) is 5.51 Å². The molecule has 0 atom stereocenters. The molecule has 0 aliphatic rings. The second-order valence-electron chi connectivity index (χ2n) is 3.64. The summed E-state index contributed by atoms with van der Waals surface area (Å²) in [6, 6.07) is 9.17. The van der Waals surface area contributed by atoms with E-state index in [0.29, 0.717) is 5.39 Å². The molecular formula is C11H6F3IO3S. The summed E-state index contributed by atoms with van der Waals surface area (Å²) in [6.45, 7) is 0. The number of benzene rings is 2. The summed E-state index contributed by atoms with van der Waals surface area (Å²) in [5.74, 6) is -0.369. The van der Waals surface area contributed by atoms with E-state index in [1.165, 1.54) is 18.2 Å². The van der Waals surface area contributed by atoms with Crippen LogP contribution < -0.4 is 4.18 Å². The number of hydrogen-bond acceptors (Lipinski definition) is 3. The Labute approximate surface area is 120 Å². The Morgan fingerprint density at radius 2 is 1.58 bits per heavy atom. The average Bonchev–Trinajstić information content (AvgIpc) is 2.27. The van der Waals surface area contributed by atoms with Crippen molar-refractivity contribution in [2.24, 2.45) is 0 Å². The molecule has 8 heteroatoms. The van der Waals surface area contributed by atoms with Crippen LogP contribution in [0.3, 0.4) is 0 Å². The molecule has 2 aromatic carbocycles. The molecule has 0 N–H and O–H groups in total. The predicted molar refractivity (Wildman–Crippen MR) is 72.3 cm³/mol. The Morgan fingerprint density at radius 3 is 2.21 bits per heavy atom. The molecule has 0 heterocycles. The van der Waals surface area contributed by atoms with Crippen LogP contribution in [-0.2, 0) is 10.1 Å². The normalized spacial score (nSPS) is 12.6. The van der Waals surface area contributed by atoms with E-state index in [1.54, 1.807) is 12.1 Å². The molecule has 0 fully saturated rings. The summed E-state index contributed by atoms with van der Waals surface area (Å²) in [6.07, 6.45) is 0. The van der Waals surface area contributed by atoms with Crippen molar-refractivity contribution in [3.8, 4) is 5.75 Å². The summed E-state index contributed by atoms with van der Waals surface area (Å²) in [5.41, 5.74) is -5.44. The standard InChI is InChI=1S/C11H6F3IO3S/c12-11(13,14)19(16,17)18-10-4-2-7-5-9(15)3-1-8(7)6-10/h1-6H. The quantitative estimate of drug-likeness (QED) is 0.438. The van der Waals surface area contributed by atoms with Gasteiger partial charge in [-0.25, -0.2) is 0 Å². The van der Waals surface area contributed by atoms with Crippen LogP contribution in [0.4, 0.5) is 13.2 Å². The van der Waals surface area contributed by atoms with Crippen LogP contribution in [0.15, 0.2) is 36.4 Å². The van der Waals surface area contributed by atoms with Gasteiger partial charge >= 0.3 is 15.6 Å². The highest BCUT2D eigenvalue weighted by Crippen LogP contribution is 2.29. The van der Waals surface area contributed by atoms with Gasteiger partial charge in [-0.05, 0) is 57.6 Å². The summed E-state index contributed by atoms with van der Waals surface area (Å²) in [5, 5.41) is 1.37. The molecule has 0 spiro atoms. The van der Waals surface area contributed by atoms with E-state index >= 15 is 0 Å². The highest BCUT2D eigenvalue weighted by atomic mass is 127. The van der Waals surface area contributed by atoms with Gasteiger partial charge in [0, 0.05) is 3.57 Å². The zero-order chi connectivity index (χ0) is 14.3. The van der Waals surface area contributed by atoms with E-state index in [9.17, 15) is 21.6 Å². The predicted octanol–water partition coefficient (Wildman–Crippen LogP) is 3.67. The number of halogens is 4. The first-order chi connectivity index (χ1) is 8.69. The summed E-state index contributed by atoms with van der Waals surface area (Å²) in [4.78, 5) is 0. The zero-order valence-corrected chi connectivity index (χ0v) is 12.1. The van der Waals surface area contributed by atoms with E-state index in [0.717, 1.165) is 8.96 Å². The molecule has 2 aromatic rings. The van der Waals surface area contributed by atoms with Crippen molar-refractivity contribution in [2.75, 3.05) is 0 Å². The molecule has 102 valence electrons. The monoisotopic (exact) mass is 402 g/mol. The Bertz CT molecular complexity index is 726. The molecule has 0 aliphatic heterocycles. The fourth-order valence-corrected chi connectivity index (χ4v) is 2.39. The van der Waals surface area contributed by atoms with E-state index in [-0.39, 0.29) is 5.75 Å². The van der Waals surface area contributed by atoms with Gasteiger partial charge in [0.05, 0.1) is 0 Å². The Morgan fingerprint density at radius 1 is 1.00 bits per heavy atom. The highest BCUT2D eigenvalue weighted by Gasteiger charge is 2.48.